The molecule has 1 saturated carbocycles. The number of hydrogen-bond donors (Lipinski definition) is 0. The van der Waals surface area contributed by atoms with E-state index >= 15 is 0 Å². The lowest BCUT2D eigenvalue weighted by Crippen LogP contribution is -2.53. The molecule has 21 heavy (non-hydrogen) atoms. The first-order valence-corrected chi connectivity index (χ1v) is 9.02. The van der Waals surface area contributed by atoms with E-state index < -0.39 is 0 Å². The summed E-state index contributed by atoms with van der Waals surface area (Å²) in [7, 11) is 2.24. The van der Waals surface area contributed by atoms with E-state index in [1.165, 1.54) is 58.4 Å². The maximum absolute atomic E-state index is 5.75. The summed E-state index contributed by atoms with van der Waals surface area (Å²) in [5, 5.41) is 0. The molecular weight excluding hydrogens is 260 g/mol. The number of piperazine rings is 1. The second kappa shape index (κ2) is 7.94. The average Bonchev–Trinajstić information content (AvgIpc) is 2.47. The van der Waals surface area contributed by atoms with Gasteiger partial charge in [0.1, 0.15) is 0 Å². The van der Waals surface area contributed by atoms with E-state index in [0.29, 0.717) is 5.41 Å². The van der Waals surface area contributed by atoms with Crippen LogP contribution in [0, 0.1) is 17.3 Å². The molecular formula is C18H36N2O. The zero-order valence-electron chi connectivity index (χ0n) is 14.7. The van der Waals surface area contributed by atoms with Crippen molar-refractivity contribution in [3.63, 3.8) is 0 Å². The quantitative estimate of drug-likeness (QED) is 0.640. The van der Waals surface area contributed by atoms with Crippen molar-refractivity contribution in [1.29, 1.82) is 0 Å². The van der Waals surface area contributed by atoms with E-state index in [-0.39, 0.29) is 0 Å². The Labute approximate surface area is 132 Å². The molecule has 0 spiro atoms. The summed E-state index contributed by atoms with van der Waals surface area (Å²) in [6.45, 7) is 15.4. The van der Waals surface area contributed by atoms with Crippen molar-refractivity contribution in [3.05, 3.63) is 0 Å². The van der Waals surface area contributed by atoms with Crippen molar-refractivity contribution in [2.24, 2.45) is 17.3 Å². The Bertz CT molecular complexity index is 298. The van der Waals surface area contributed by atoms with E-state index in [1.54, 1.807) is 0 Å². The molecule has 0 aromatic rings. The first kappa shape index (κ1) is 17.2. The first-order valence-electron chi connectivity index (χ1n) is 9.02. The molecule has 2 rings (SSSR count). The smallest absolute Gasteiger partial charge is 0.0468 e. The van der Waals surface area contributed by atoms with Gasteiger partial charge in [-0.15, -0.1) is 0 Å². The lowest BCUT2D eigenvalue weighted by molar-refractivity contribution is -0.0601. The average molecular weight is 296 g/mol. The third-order valence-corrected chi connectivity index (χ3v) is 6.00. The Morgan fingerprint density at radius 2 is 1.76 bits per heavy atom. The molecule has 0 bridgehead atoms. The Balaban J connectivity index is 1.64. The minimum Gasteiger partial charge on any atom is -0.381 e. The molecule has 3 nitrogen and oxygen atoms in total. The van der Waals surface area contributed by atoms with Gasteiger partial charge in [-0.2, -0.15) is 0 Å². The van der Waals surface area contributed by atoms with Gasteiger partial charge in [-0.3, -0.25) is 0 Å². The van der Waals surface area contributed by atoms with E-state index in [1.807, 2.05) is 0 Å². The molecule has 0 aromatic heterocycles. The Morgan fingerprint density at radius 1 is 1.05 bits per heavy atom. The standard InChI is InChI=1S/C18H36N2O/c1-5-6-12-21-13-7-16-14-17(18(16,2)3)15-20-10-8-19(4)9-11-20/h16-17H,5-15H2,1-4H3/t16-,17-/m0/s1. The van der Waals surface area contributed by atoms with E-state index in [2.05, 4.69) is 37.6 Å². The summed E-state index contributed by atoms with van der Waals surface area (Å²) in [5.41, 5.74) is 0.511. The lowest BCUT2D eigenvalue weighted by Gasteiger charge is -2.54. The Morgan fingerprint density at radius 3 is 2.38 bits per heavy atom. The fraction of sp³-hybridized carbons (Fsp3) is 1.00. The molecule has 2 fully saturated rings. The summed E-state index contributed by atoms with van der Waals surface area (Å²) in [6.07, 6.45) is 5.12. The number of likely N-dealkylation sites (N-methyl/N-ethyl adjacent to an activating group) is 1. The monoisotopic (exact) mass is 296 g/mol. The van der Waals surface area contributed by atoms with Crippen LogP contribution in [0.5, 0.6) is 0 Å². The third kappa shape index (κ3) is 4.67. The van der Waals surface area contributed by atoms with Gasteiger partial charge in [0.25, 0.3) is 0 Å². The fourth-order valence-corrected chi connectivity index (χ4v) is 3.84. The molecule has 1 saturated heterocycles. The second-order valence-corrected chi connectivity index (χ2v) is 7.81. The van der Waals surface area contributed by atoms with Crippen LogP contribution in [0.25, 0.3) is 0 Å². The van der Waals surface area contributed by atoms with Crippen LogP contribution in [0.2, 0.25) is 0 Å². The third-order valence-electron chi connectivity index (χ3n) is 6.00. The summed E-state index contributed by atoms with van der Waals surface area (Å²) in [6, 6.07) is 0. The van der Waals surface area contributed by atoms with Gasteiger partial charge in [0.05, 0.1) is 0 Å². The molecule has 0 aromatic carbocycles. The maximum Gasteiger partial charge on any atom is 0.0468 e. The summed E-state index contributed by atoms with van der Waals surface area (Å²) in [4.78, 5) is 5.12. The van der Waals surface area contributed by atoms with Gasteiger partial charge in [-0.25, -0.2) is 0 Å². The zero-order valence-corrected chi connectivity index (χ0v) is 14.7. The molecule has 0 radical (unpaired) electrons. The van der Waals surface area contributed by atoms with Gasteiger partial charge in [0, 0.05) is 45.9 Å². The van der Waals surface area contributed by atoms with Crippen LogP contribution in [0.1, 0.15) is 46.5 Å². The van der Waals surface area contributed by atoms with E-state index in [0.717, 1.165) is 25.0 Å². The van der Waals surface area contributed by atoms with Crippen LogP contribution in [-0.4, -0.2) is 62.8 Å². The highest BCUT2D eigenvalue weighted by Crippen LogP contribution is 2.53. The Kier molecular flexibility index (Phi) is 6.51. The molecule has 124 valence electrons. The van der Waals surface area contributed by atoms with Crippen molar-refractivity contribution in [2.45, 2.75) is 46.5 Å². The lowest BCUT2D eigenvalue weighted by atomic mass is 9.53. The van der Waals surface area contributed by atoms with Crippen molar-refractivity contribution < 1.29 is 4.74 Å². The normalized spacial score (nSPS) is 30.3. The van der Waals surface area contributed by atoms with Crippen LogP contribution in [0.4, 0.5) is 0 Å². The van der Waals surface area contributed by atoms with E-state index in [9.17, 15) is 0 Å². The van der Waals surface area contributed by atoms with Crippen LogP contribution in [0.3, 0.4) is 0 Å². The highest BCUT2D eigenvalue weighted by Gasteiger charge is 2.47. The summed E-state index contributed by atoms with van der Waals surface area (Å²) < 4.78 is 5.75. The molecule has 1 aliphatic carbocycles. The minimum atomic E-state index is 0.511. The van der Waals surface area contributed by atoms with Crippen molar-refractivity contribution in [2.75, 3.05) is 53.0 Å². The van der Waals surface area contributed by atoms with Gasteiger partial charge in [-0.05, 0) is 43.6 Å². The van der Waals surface area contributed by atoms with Crippen molar-refractivity contribution in [3.8, 4) is 0 Å². The molecule has 1 heterocycles. The predicted molar refractivity (Wildman–Crippen MR) is 89.7 cm³/mol. The van der Waals surface area contributed by atoms with Crippen LogP contribution < -0.4 is 0 Å². The largest absolute Gasteiger partial charge is 0.381 e. The minimum absolute atomic E-state index is 0.511. The summed E-state index contributed by atoms with van der Waals surface area (Å²) >= 11 is 0. The molecule has 2 atom stereocenters. The number of unbranched alkanes of at least 4 members (excludes halogenated alkanes) is 1. The zero-order chi connectivity index (χ0) is 15.3. The highest BCUT2D eigenvalue weighted by atomic mass is 16.5. The SMILES string of the molecule is CCCCOCC[C@H]1C[C@@H](CN2CCN(C)CC2)C1(C)C. The van der Waals surface area contributed by atoms with Crippen LogP contribution >= 0.6 is 0 Å². The number of rotatable bonds is 8. The summed E-state index contributed by atoms with van der Waals surface area (Å²) in [5.74, 6) is 1.76. The number of hydrogen-bond acceptors (Lipinski definition) is 3. The molecule has 3 heteroatoms. The molecule has 0 amide bonds. The van der Waals surface area contributed by atoms with Crippen LogP contribution in [0.15, 0.2) is 0 Å². The second-order valence-electron chi connectivity index (χ2n) is 7.81. The van der Waals surface area contributed by atoms with Gasteiger partial charge < -0.3 is 14.5 Å². The van der Waals surface area contributed by atoms with Gasteiger partial charge >= 0.3 is 0 Å². The molecule has 2 aliphatic rings. The number of ether oxygens (including phenoxy) is 1. The topological polar surface area (TPSA) is 15.7 Å². The number of nitrogens with zero attached hydrogens (tertiary/aromatic N) is 2. The highest BCUT2D eigenvalue weighted by molar-refractivity contribution is 4.97. The maximum atomic E-state index is 5.75. The van der Waals surface area contributed by atoms with Crippen molar-refractivity contribution >= 4 is 0 Å². The van der Waals surface area contributed by atoms with Crippen molar-refractivity contribution in [1.82, 2.24) is 9.80 Å². The molecule has 0 N–H and O–H groups in total. The predicted octanol–water partition coefficient (Wildman–Crippen LogP) is 3.10. The van der Waals surface area contributed by atoms with Crippen LogP contribution in [-0.2, 0) is 4.74 Å². The fourth-order valence-electron chi connectivity index (χ4n) is 3.84. The molecule has 1 aliphatic heterocycles. The van der Waals surface area contributed by atoms with Gasteiger partial charge in [-0.1, -0.05) is 27.2 Å². The van der Waals surface area contributed by atoms with E-state index in [4.69, 9.17) is 4.74 Å². The first-order chi connectivity index (χ1) is 10.0. The van der Waals surface area contributed by atoms with Gasteiger partial charge in [0.15, 0.2) is 0 Å². The van der Waals surface area contributed by atoms with Gasteiger partial charge in [0.2, 0.25) is 0 Å². The Hall–Kier alpha value is -0.120. The molecule has 0 unspecified atom stereocenters.